The number of hydrogen-bond acceptors (Lipinski definition) is 0. The van der Waals surface area contributed by atoms with Crippen molar-refractivity contribution in [3.05, 3.63) is 531 Å². The zero-order valence-electron chi connectivity index (χ0n) is 89.4. The molecule has 0 fully saturated rings. The van der Waals surface area contributed by atoms with E-state index in [0.717, 1.165) is 139 Å². The minimum atomic E-state index is 1.06. The van der Waals surface area contributed by atoms with Crippen molar-refractivity contribution in [1.29, 1.82) is 0 Å². The molecular weight excluding hydrogens is 1740 g/mol. The van der Waals surface area contributed by atoms with E-state index in [9.17, 15) is 0 Å². The SMILES string of the molecule is CCCCCc1ccc(C#Cc2ccc(CCc3ccc(CCCC)cc3)cc2)cc1.CCCCc1ccc(C#Cc2ccc(CCc3ccc(CCCC)cc3)cc2)cc1.CCCCc1ccc(CCc2ccc(C#Cc3ccc(C)cc3)cc2)cc1.CCCCc1ccc(CCc2ccc(C#Cc3ccc(CC)cc3)cc2)cc1.CCCCc1ccc(CCc2ccc(C#Cc3ccc(CCC)cc3)cc2)cc1. The van der Waals surface area contributed by atoms with Crippen LogP contribution in [0.15, 0.2) is 364 Å². The van der Waals surface area contributed by atoms with Crippen molar-refractivity contribution < 1.29 is 0 Å². The molecule has 0 aliphatic heterocycles. The van der Waals surface area contributed by atoms with Gasteiger partial charge in [-0.15, -0.1) is 0 Å². The third-order valence-corrected chi connectivity index (χ3v) is 26.9. The van der Waals surface area contributed by atoms with Crippen LogP contribution >= 0.6 is 0 Å². The highest BCUT2D eigenvalue weighted by molar-refractivity contribution is 5.51. The number of unbranched alkanes of at least 4 members (excludes halogenated alkanes) is 8. The average Bonchev–Trinajstić information content (AvgIpc) is 0.892. The van der Waals surface area contributed by atoms with Gasteiger partial charge < -0.3 is 0 Å². The quantitative estimate of drug-likeness (QED) is 0.0265. The summed E-state index contributed by atoms with van der Waals surface area (Å²) in [7, 11) is 0. The summed E-state index contributed by atoms with van der Waals surface area (Å²) in [6, 6.07) is 132. The largest absolute Gasteiger partial charge is 0.0654 e. The van der Waals surface area contributed by atoms with Crippen LogP contribution in [-0.4, -0.2) is 0 Å². The van der Waals surface area contributed by atoms with Crippen molar-refractivity contribution >= 4 is 0 Å². The fourth-order valence-corrected chi connectivity index (χ4v) is 17.2. The monoisotopic (exact) mass is 1900 g/mol. The lowest BCUT2D eigenvalue weighted by Crippen LogP contribution is -1.92. The predicted molar refractivity (Wildman–Crippen MR) is 627 cm³/mol. The Balaban J connectivity index is 0.000000173. The molecule has 145 heavy (non-hydrogen) atoms. The van der Waals surface area contributed by atoms with E-state index >= 15 is 0 Å². The van der Waals surface area contributed by atoms with Crippen LogP contribution in [0.5, 0.6) is 0 Å². The van der Waals surface area contributed by atoms with Crippen LogP contribution in [0, 0.1) is 66.1 Å². The average molecular weight is 1900 g/mol. The highest BCUT2D eigenvalue weighted by Crippen LogP contribution is 2.23. The molecular formula is C145H160. The summed E-state index contributed by atoms with van der Waals surface area (Å²) in [5.41, 5.74) is 38.8. The number of rotatable bonds is 40. The maximum absolute atomic E-state index is 3.31. The van der Waals surface area contributed by atoms with Crippen molar-refractivity contribution in [2.24, 2.45) is 0 Å². The molecule has 15 aromatic rings. The van der Waals surface area contributed by atoms with Gasteiger partial charge in [-0.1, -0.05) is 428 Å². The van der Waals surface area contributed by atoms with Gasteiger partial charge in [-0.25, -0.2) is 0 Å². The minimum Gasteiger partial charge on any atom is -0.0654 e. The van der Waals surface area contributed by atoms with Crippen molar-refractivity contribution in [3.63, 3.8) is 0 Å². The second-order valence-electron chi connectivity index (χ2n) is 39.2. The summed E-state index contributed by atoms with van der Waals surface area (Å²) < 4.78 is 0. The first kappa shape index (κ1) is 111. The third-order valence-electron chi connectivity index (χ3n) is 26.9. The summed E-state index contributed by atoms with van der Waals surface area (Å²) >= 11 is 0. The second kappa shape index (κ2) is 66.1. The van der Waals surface area contributed by atoms with E-state index in [1.54, 1.807) is 0 Å². The lowest BCUT2D eigenvalue weighted by molar-refractivity contribution is 0.717. The van der Waals surface area contributed by atoms with Crippen molar-refractivity contribution in [2.45, 2.75) is 294 Å². The second-order valence-corrected chi connectivity index (χ2v) is 39.2. The molecule has 0 radical (unpaired) electrons. The molecule has 0 aliphatic carbocycles. The van der Waals surface area contributed by atoms with Gasteiger partial charge in [0.05, 0.1) is 0 Å². The summed E-state index contributed by atoms with van der Waals surface area (Å²) in [5.74, 6) is 32.8. The van der Waals surface area contributed by atoms with E-state index in [2.05, 4.69) is 492 Å². The summed E-state index contributed by atoms with van der Waals surface area (Å²) in [4.78, 5) is 0. The Kier molecular flexibility index (Phi) is 50.8. The van der Waals surface area contributed by atoms with Gasteiger partial charge in [0, 0.05) is 55.6 Å². The van der Waals surface area contributed by atoms with Crippen LogP contribution in [0.1, 0.15) is 332 Å². The third kappa shape index (κ3) is 44.1. The van der Waals surface area contributed by atoms with E-state index in [1.165, 1.54) is 253 Å². The van der Waals surface area contributed by atoms with Crippen molar-refractivity contribution in [2.75, 3.05) is 0 Å². The smallest absolute Gasteiger partial charge is 0.0249 e. The van der Waals surface area contributed by atoms with Crippen LogP contribution < -0.4 is 0 Å². The summed E-state index contributed by atoms with van der Waals surface area (Å²) in [6.45, 7) is 22.2. The Morgan fingerprint density at radius 2 is 0.228 bits per heavy atom. The maximum Gasteiger partial charge on any atom is 0.0249 e. The highest BCUT2D eigenvalue weighted by Gasteiger charge is 2.08. The first-order chi connectivity index (χ1) is 71.3. The molecule has 0 aromatic heterocycles. The minimum absolute atomic E-state index is 1.06. The van der Waals surface area contributed by atoms with Gasteiger partial charge in [0.15, 0.2) is 0 Å². The number of benzene rings is 15. The fraction of sp³-hybridized carbons (Fsp3) is 0.310. The van der Waals surface area contributed by atoms with Crippen LogP contribution in [-0.2, 0) is 122 Å². The topological polar surface area (TPSA) is 0 Å². The van der Waals surface area contributed by atoms with Crippen LogP contribution in [0.4, 0.5) is 0 Å². The van der Waals surface area contributed by atoms with Gasteiger partial charge in [0.1, 0.15) is 0 Å². The maximum atomic E-state index is 3.31. The molecule has 15 rings (SSSR count). The standard InChI is InChI=1S/C31H36.C30H34.C29H32.C28H30.C27H28/c1-3-5-7-9-27-12-16-29(17-13-27)19-21-31-24-22-30(23-25-31)20-18-28-14-10-26(11-15-28)8-6-4-2;1-3-5-7-25-9-13-27(14-10-25)17-19-29-21-23-30(24-22-29)20-18-28-15-11-26(12-16-28)8-6-4-2;1-3-5-7-25-10-14-27(15-11-25)17-19-29-22-20-28(21-23-29)18-16-26-12-8-24(6-4-2)9-13-26;1-3-5-6-24-11-13-26(14-12-24)17-18-28-21-19-27(20-22-28)16-15-25-9-7-23(4-2)8-10-25;1-3-4-5-23-10-12-25(13-11-23)16-17-27-20-18-26(19-21-27)15-14-24-8-6-22(2)7-9-24/h10-17,22-25H,3-9,18,20H2,1-2H3;9-16,21-24H,3-8,17,19H2,1-2H3;8-15,20-23H,3-7,17,19H2,1-2H3;7-14,19-22H,3-6,17-18H2,1-2H3;6-13,18-21H,3-5,16-17H2,1-2H3. The summed E-state index contributed by atoms with van der Waals surface area (Å²) in [5, 5.41) is 0. The zero-order valence-corrected chi connectivity index (χ0v) is 89.4. The Morgan fingerprint density at radius 3 is 0.366 bits per heavy atom. The van der Waals surface area contributed by atoms with Gasteiger partial charge in [0.25, 0.3) is 0 Å². The number of hydrogen-bond donors (Lipinski definition) is 0. The molecule has 0 unspecified atom stereocenters. The van der Waals surface area contributed by atoms with E-state index in [0.29, 0.717) is 0 Å². The normalized spacial score (nSPS) is 10.4. The Morgan fingerprint density at radius 1 is 0.110 bits per heavy atom. The van der Waals surface area contributed by atoms with Gasteiger partial charge in [-0.3, -0.25) is 0 Å². The highest BCUT2D eigenvalue weighted by atomic mass is 14.1. The lowest BCUT2D eigenvalue weighted by atomic mass is 10.0. The first-order valence-corrected chi connectivity index (χ1v) is 55.2. The van der Waals surface area contributed by atoms with Gasteiger partial charge in [0.2, 0.25) is 0 Å². The van der Waals surface area contributed by atoms with E-state index < -0.39 is 0 Å². The molecule has 0 atom stereocenters. The molecule has 0 bridgehead atoms. The predicted octanol–water partition coefficient (Wildman–Crippen LogP) is 36.0. The lowest BCUT2D eigenvalue weighted by Gasteiger charge is -2.05. The first-order valence-electron chi connectivity index (χ1n) is 55.2. The van der Waals surface area contributed by atoms with E-state index in [-0.39, 0.29) is 0 Å². The zero-order chi connectivity index (χ0) is 102. The molecule has 0 saturated heterocycles. The van der Waals surface area contributed by atoms with Gasteiger partial charge in [-0.2, -0.15) is 0 Å². The number of aryl methyl sites for hydroxylation is 20. The molecule has 0 nitrogen and oxygen atoms in total. The molecule has 0 heterocycles. The molecule has 0 amide bonds. The van der Waals surface area contributed by atoms with Crippen LogP contribution in [0.2, 0.25) is 0 Å². The van der Waals surface area contributed by atoms with Gasteiger partial charge in [-0.05, 0) is 401 Å². The summed E-state index contributed by atoms with van der Waals surface area (Å²) in [6.07, 6.45) is 41.5. The van der Waals surface area contributed by atoms with Crippen LogP contribution in [0.25, 0.3) is 0 Å². The molecule has 740 valence electrons. The fourth-order valence-electron chi connectivity index (χ4n) is 17.2. The van der Waals surface area contributed by atoms with Crippen molar-refractivity contribution in [3.8, 4) is 59.2 Å². The van der Waals surface area contributed by atoms with Crippen molar-refractivity contribution in [1.82, 2.24) is 0 Å². The molecule has 0 aliphatic rings. The molecule has 0 N–H and O–H groups in total. The molecule has 0 heteroatoms. The Labute approximate surface area is 877 Å². The molecule has 0 saturated carbocycles. The molecule has 15 aromatic carbocycles. The molecule has 0 spiro atoms. The Bertz CT molecular complexity index is 6470. The van der Waals surface area contributed by atoms with E-state index in [1.807, 2.05) is 0 Å². The Hall–Kier alpha value is -13.9. The van der Waals surface area contributed by atoms with Gasteiger partial charge >= 0.3 is 0 Å². The van der Waals surface area contributed by atoms with E-state index in [4.69, 9.17) is 0 Å². The van der Waals surface area contributed by atoms with Crippen LogP contribution in [0.3, 0.4) is 0 Å².